The monoisotopic (exact) mass is 555 g/mol. The van der Waals surface area contributed by atoms with Crippen LogP contribution in [0, 0.1) is 6.92 Å². The minimum absolute atomic E-state index is 0.00990. The molecule has 0 saturated carbocycles. The van der Waals surface area contributed by atoms with E-state index in [4.69, 9.17) is 11.6 Å². The molecular weight excluding hydrogens is 534 g/mol. The van der Waals surface area contributed by atoms with E-state index in [-0.39, 0.29) is 15.4 Å². The summed E-state index contributed by atoms with van der Waals surface area (Å²) in [7, 11) is -7.61. The summed E-state index contributed by atoms with van der Waals surface area (Å²) in [5.74, 6) is -0.444. The number of rotatable bonds is 8. The molecule has 0 aliphatic rings. The number of hydrogen-bond donors (Lipinski definition) is 3. The predicted molar refractivity (Wildman–Crippen MR) is 145 cm³/mol. The topological polar surface area (TPSA) is 121 Å². The lowest BCUT2D eigenvalue weighted by Gasteiger charge is -2.11. The number of halogens is 1. The molecule has 0 radical (unpaired) electrons. The summed E-state index contributed by atoms with van der Waals surface area (Å²) in [5, 5.41) is 3.08. The average molecular weight is 556 g/mol. The summed E-state index contributed by atoms with van der Waals surface area (Å²) in [6.45, 7) is 1.86. The second kappa shape index (κ2) is 10.6. The maximum atomic E-state index is 12.6. The van der Waals surface area contributed by atoms with E-state index >= 15 is 0 Å². The molecule has 11 heteroatoms. The Morgan fingerprint density at radius 1 is 0.649 bits per heavy atom. The van der Waals surface area contributed by atoms with E-state index in [0.29, 0.717) is 22.1 Å². The molecule has 3 N–H and O–H groups in total. The number of carbonyl (C=O) groups is 1. The Balaban J connectivity index is 1.40. The van der Waals surface area contributed by atoms with Crippen LogP contribution >= 0.6 is 11.6 Å². The molecule has 8 nitrogen and oxygen atoms in total. The Kier molecular flexibility index (Phi) is 7.53. The van der Waals surface area contributed by atoms with E-state index in [2.05, 4.69) is 14.8 Å². The number of sulfonamides is 2. The van der Waals surface area contributed by atoms with Crippen molar-refractivity contribution < 1.29 is 21.6 Å². The highest BCUT2D eigenvalue weighted by Crippen LogP contribution is 2.22. The summed E-state index contributed by atoms with van der Waals surface area (Å²) in [6.07, 6.45) is 0. The Labute approximate surface area is 220 Å². The van der Waals surface area contributed by atoms with Gasteiger partial charge in [0.15, 0.2) is 0 Å². The first kappa shape index (κ1) is 26.2. The number of aryl methyl sites for hydroxylation is 1. The minimum atomic E-state index is -3.85. The van der Waals surface area contributed by atoms with Gasteiger partial charge in [-0.25, -0.2) is 16.8 Å². The van der Waals surface area contributed by atoms with Gasteiger partial charge >= 0.3 is 0 Å². The van der Waals surface area contributed by atoms with Gasteiger partial charge in [0.1, 0.15) is 0 Å². The number of anilines is 3. The van der Waals surface area contributed by atoms with Gasteiger partial charge in [-0.1, -0.05) is 35.4 Å². The highest BCUT2D eigenvalue weighted by Gasteiger charge is 2.16. The van der Waals surface area contributed by atoms with Crippen LogP contribution in [0.3, 0.4) is 0 Å². The molecule has 0 spiro atoms. The lowest BCUT2D eigenvalue weighted by molar-refractivity contribution is 0.102. The molecule has 190 valence electrons. The van der Waals surface area contributed by atoms with Crippen LogP contribution in [0.15, 0.2) is 107 Å². The standard InChI is InChI=1S/C26H22ClN3O5S2/c1-18-5-13-24(14-6-18)36(32,33)29-22-9-7-19(8-10-22)26(31)28-21-11-15-25(16-12-21)37(34,35)30-23-4-2-3-20(27)17-23/h2-17,29-30H,1H3,(H,28,31). The molecule has 0 fully saturated rings. The molecule has 0 saturated heterocycles. The Morgan fingerprint density at radius 2 is 1.16 bits per heavy atom. The third-order valence-corrected chi connectivity index (χ3v) is 8.26. The van der Waals surface area contributed by atoms with E-state index in [1.54, 1.807) is 30.3 Å². The van der Waals surface area contributed by atoms with Crippen molar-refractivity contribution >= 4 is 54.6 Å². The first-order chi connectivity index (χ1) is 17.5. The van der Waals surface area contributed by atoms with Gasteiger partial charge in [0.05, 0.1) is 15.5 Å². The highest BCUT2D eigenvalue weighted by molar-refractivity contribution is 7.93. The lowest BCUT2D eigenvalue weighted by Crippen LogP contribution is -2.15. The summed E-state index contributed by atoms with van der Waals surface area (Å²) in [5.41, 5.74) is 2.25. The second-order valence-electron chi connectivity index (χ2n) is 8.09. The number of carbonyl (C=O) groups excluding carboxylic acids is 1. The molecule has 0 unspecified atom stereocenters. The SMILES string of the molecule is Cc1ccc(S(=O)(=O)Nc2ccc(C(=O)Nc3ccc(S(=O)(=O)Nc4cccc(Cl)c4)cc3)cc2)cc1. The van der Waals surface area contributed by atoms with Crippen LogP contribution in [0.1, 0.15) is 15.9 Å². The Morgan fingerprint density at radius 3 is 1.73 bits per heavy atom. The quantitative estimate of drug-likeness (QED) is 0.265. The van der Waals surface area contributed by atoms with Crippen LogP contribution in [0.25, 0.3) is 0 Å². The maximum absolute atomic E-state index is 12.6. The molecule has 37 heavy (non-hydrogen) atoms. The molecule has 0 aromatic heterocycles. The molecule has 0 atom stereocenters. The number of benzene rings is 4. The van der Waals surface area contributed by atoms with Crippen molar-refractivity contribution in [2.75, 3.05) is 14.8 Å². The maximum Gasteiger partial charge on any atom is 0.261 e. The predicted octanol–water partition coefficient (Wildman–Crippen LogP) is 5.50. The summed E-state index contributed by atoms with van der Waals surface area (Å²) in [4.78, 5) is 12.8. The zero-order valence-corrected chi connectivity index (χ0v) is 21.9. The van der Waals surface area contributed by atoms with E-state index in [1.807, 2.05) is 6.92 Å². The molecule has 4 aromatic rings. The van der Waals surface area contributed by atoms with Gasteiger partial charge in [-0.05, 0) is 85.8 Å². The van der Waals surface area contributed by atoms with Crippen LogP contribution in [-0.2, 0) is 20.0 Å². The number of nitrogens with one attached hydrogen (secondary N) is 3. The molecule has 4 aromatic carbocycles. The first-order valence-corrected chi connectivity index (χ1v) is 14.3. The average Bonchev–Trinajstić information content (AvgIpc) is 2.84. The fraction of sp³-hybridized carbons (Fsp3) is 0.0385. The second-order valence-corrected chi connectivity index (χ2v) is 11.9. The van der Waals surface area contributed by atoms with E-state index in [0.717, 1.165) is 5.56 Å². The zero-order valence-electron chi connectivity index (χ0n) is 19.5. The van der Waals surface area contributed by atoms with Crippen LogP contribution in [0.4, 0.5) is 17.1 Å². The van der Waals surface area contributed by atoms with Gasteiger partial charge in [0.25, 0.3) is 26.0 Å². The van der Waals surface area contributed by atoms with E-state index in [9.17, 15) is 21.6 Å². The van der Waals surface area contributed by atoms with Crippen LogP contribution < -0.4 is 14.8 Å². The lowest BCUT2D eigenvalue weighted by atomic mass is 10.2. The summed E-state index contributed by atoms with van der Waals surface area (Å²) in [6, 6.07) is 24.4. The van der Waals surface area contributed by atoms with E-state index < -0.39 is 26.0 Å². The van der Waals surface area contributed by atoms with Crippen molar-refractivity contribution in [2.45, 2.75) is 16.7 Å². The van der Waals surface area contributed by atoms with Gasteiger partial charge in [-0.2, -0.15) is 0 Å². The van der Waals surface area contributed by atoms with Crippen LogP contribution in [0.5, 0.6) is 0 Å². The van der Waals surface area contributed by atoms with Gasteiger partial charge in [0, 0.05) is 22.0 Å². The van der Waals surface area contributed by atoms with Crippen molar-refractivity contribution in [3.63, 3.8) is 0 Å². The molecule has 1 amide bonds. The Bertz CT molecular complexity index is 1640. The zero-order chi connectivity index (χ0) is 26.6. The summed E-state index contributed by atoms with van der Waals surface area (Å²) >= 11 is 5.90. The molecule has 0 aliphatic carbocycles. The number of hydrogen-bond acceptors (Lipinski definition) is 5. The summed E-state index contributed by atoms with van der Waals surface area (Å²) < 4.78 is 55.2. The third kappa shape index (κ3) is 6.67. The van der Waals surface area contributed by atoms with Gasteiger partial charge < -0.3 is 5.32 Å². The first-order valence-electron chi connectivity index (χ1n) is 10.9. The fourth-order valence-corrected chi connectivity index (χ4v) is 5.61. The fourth-order valence-electron chi connectivity index (χ4n) is 3.31. The number of amides is 1. The van der Waals surface area contributed by atoms with Crippen molar-refractivity contribution in [1.82, 2.24) is 0 Å². The van der Waals surface area contributed by atoms with Gasteiger partial charge in [-0.15, -0.1) is 0 Å². The molecular formula is C26H22ClN3O5S2. The van der Waals surface area contributed by atoms with Crippen molar-refractivity contribution in [1.29, 1.82) is 0 Å². The van der Waals surface area contributed by atoms with E-state index in [1.165, 1.54) is 66.7 Å². The van der Waals surface area contributed by atoms with Crippen molar-refractivity contribution in [3.05, 3.63) is 113 Å². The molecule has 4 rings (SSSR count). The minimum Gasteiger partial charge on any atom is -0.322 e. The van der Waals surface area contributed by atoms with Crippen molar-refractivity contribution in [3.8, 4) is 0 Å². The third-order valence-electron chi connectivity index (χ3n) is 5.23. The normalized spacial score (nSPS) is 11.5. The van der Waals surface area contributed by atoms with Crippen molar-refractivity contribution in [2.24, 2.45) is 0 Å². The van der Waals surface area contributed by atoms with Crippen LogP contribution in [0.2, 0.25) is 5.02 Å². The highest BCUT2D eigenvalue weighted by atomic mass is 35.5. The smallest absolute Gasteiger partial charge is 0.261 e. The molecule has 0 bridgehead atoms. The largest absolute Gasteiger partial charge is 0.322 e. The molecule has 0 heterocycles. The van der Waals surface area contributed by atoms with Crippen LogP contribution in [-0.4, -0.2) is 22.7 Å². The molecule has 0 aliphatic heterocycles. The van der Waals surface area contributed by atoms with Gasteiger partial charge in [0.2, 0.25) is 0 Å². The van der Waals surface area contributed by atoms with Gasteiger partial charge in [-0.3, -0.25) is 14.2 Å². The Hall–Kier alpha value is -3.86.